The molecular weight excluding hydrogens is 332 g/mol. The molecule has 0 unspecified atom stereocenters. The number of hydrogen-bond acceptors (Lipinski definition) is 3. The summed E-state index contributed by atoms with van der Waals surface area (Å²) in [5.41, 5.74) is 2.41. The van der Waals surface area contributed by atoms with Gasteiger partial charge in [0.25, 0.3) is 0 Å². The van der Waals surface area contributed by atoms with E-state index in [0.717, 1.165) is 28.5 Å². The summed E-state index contributed by atoms with van der Waals surface area (Å²) < 4.78 is 3.03. The monoisotopic (exact) mass is 346 g/mol. The lowest BCUT2D eigenvalue weighted by atomic mass is 10.1. The van der Waals surface area contributed by atoms with E-state index in [0.29, 0.717) is 11.4 Å². The molecule has 1 aromatic heterocycles. The van der Waals surface area contributed by atoms with Gasteiger partial charge in [-0.2, -0.15) is 0 Å². The quantitative estimate of drug-likeness (QED) is 0.695. The summed E-state index contributed by atoms with van der Waals surface area (Å²) in [6, 6.07) is 10.9. The van der Waals surface area contributed by atoms with Crippen molar-refractivity contribution in [2.24, 2.45) is 0 Å². The number of halogens is 1. The van der Waals surface area contributed by atoms with Crippen molar-refractivity contribution in [3.8, 4) is 22.9 Å². The Morgan fingerprint density at radius 2 is 2.00 bits per heavy atom. The van der Waals surface area contributed by atoms with Crippen molar-refractivity contribution in [1.29, 1.82) is 0 Å². The van der Waals surface area contributed by atoms with Crippen molar-refractivity contribution in [3.05, 3.63) is 40.9 Å². The number of aryl methyl sites for hydroxylation is 1. The molecule has 0 saturated heterocycles. The Bertz CT molecular complexity index is 811. The summed E-state index contributed by atoms with van der Waals surface area (Å²) in [7, 11) is 0. The molecule has 2 N–H and O–H groups in total. The molecule has 3 aromatic rings. The van der Waals surface area contributed by atoms with Crippen molar-refractivity contribution in [2.75, 3.05) is 0 Å². The molecule has 108 valence electrons. The lowest BCUT2D eigenvalue weighted by Gasteiger charge is -2.09. The topological polar surface area (TPSA) is 58.3 Å². The van der Waals surface area contributed by atoms with Crippen LogP contribution in [0.3, 0.4) is 0 Å². The Hall–Kier alpha value is -2.01. The zero-order chi connectivity index (χ0) is 15.0. The predicted molar refractivity (Wildman–Crippen MR) is 86.5 cm³/mol. The van der Waals surface area contributed by atoms with E-state index in [-0.39, 0.29) is 11.5 Å². The van der Waals surface area contributed by atoms with E-state index in [4.69, 9.17) is 0 Å². The number of para-hydroxylation sites is 1. The number of fused-ring (bicyclic) bond motifs is 1. The van der Waals surface area contributed by atoms with Crippen LogP contribution in [0.5, 0.6) is 11.5 Å². The number of aromatic hydroxyl groups is 2. The van der Waals surface area contributed by atoms with Gasteiger partial charge in [-0.15, -0.1) is 0 Å². The Kier molecular flexibility index (Phi) is 3.59. The molecule has 4 nitrogen and oxygen atoms in total. The second-order valence-electron chi connectivity index (χ2n) is 4.89. The molecule has 21 heavy (non-hydrogen) atoms. The summed E-state index contributed by atoms with van der Waals surface area (Å²) in [6.07, 6.45) is 0.952. The number of imidazole rings is 1. The van der Waals surface area contributed by atoms with E-state index >= 15 is 0 Å². The lowest BCUT2D eigenvalue weighted by molar-refractivity contribution is 0.404. The van der Waals surface area contributed by atoms with Crippen LogP contribution >= 0.6 is 15.9 Å². The molecule has 0 aliphatic carbocycles. The SMILES string of the molecule is CCCn1c(-c2cccc(O)c2O)nc2cc(Br)ccc21. The molecular formula is C16H15BrN2O2. The van der Waals surface area contributed by atoms with Crippen molar-refractivity contribution < 1.29 is 10.2 Å². The van der Waals surface area contributed by atoms with Gasteiger partial charge in [0.15, 0.2) is 11.5 Å². The summed E-state index contributed by atoms with van der Waals surface area (Å²) >= 11 is 3.45. The zero-order valence-electron chi connectivity index (χ0n) is 11.5. The molecule has 0 aliphatic heterocycles. The first kappa shape index (κ1) is 13.9. The predicted octanol–water partition coefficient (Wildman–Crippen LogP) is 4.29. The van der Waals surface area contributed by atoms with E-state index in [9.17, 15) is 10.2 Å². The van der Waals surface area contributed by atoms with Crippen LogP contribution in [0.2, 0.25) is 0 Å². The molecule has 0 bridgehead atoms. The first-order valence-corrected chi connectivity index (χ1v) is 7.58. The van der Waals surface area contributed by atoms with Crippen LogP contribution in [0.4, 0.5) is 0 Å². The molecule has 0 radical (unpaired) electrons. The van der Waals surface area contributed by atoms with Gasteiger partial charge in [-0.25, -0.2) is 4.98 Å². The van der Waals surface area contributed by atoms with Gasteiger partial charge in [-0.05, 0) is 36.8 Å². The van der Waals surface area contributed by atoms with Gasteiger partial charge in [0.1, 0.15) is 5.82 Å². The number of aromatic nitrogens is 2. The molecule has 0 spiro atoms. The fourth-order valence-electron chi connectivity index (χ4n) is 2.47. The largest absolute Gasteiger partial charge is 0.504 e. The second-order valence-corrected chi connectivity index (χ2v) is 5.81. The fourth-order valence-corrected chi connectivity index (χ4v) is 2.82. The van der Waals surface area contributed by atoms with Crippen LogP contribution in [0, 0.1) is 0 Å². The molecule has 5 heteroatoms. The van der Waals surface area contributed by atoms with Crippen molar-refractivity contribution in [3.63, 3.8) is 0 Å². The number of phenols is 2. The smallest absolute Gasteiger partial charge is 0.168 e. The normalized spacial score (nSPS) is 11.1. The summed E-state index contributed by atoms with van der Waals surface area (Å²) in [5, 5.41) is 19.8. The minimum atomic E-state index is -0.135. The number of rotatable bonds is 3. The third-order valence-corrected chi connectivity index (χ3v) is 3.91. The van der Waals surface area contributed by atoms with Gasteiger partial charge in [-0.3, -0.25) is 0 Å². The minimum Gasteiger partial charge on any atom is -0.504 e. The van der Waals surface area contributed by atoms with Gasteiger partial charge < -0.3 is 14.8 Å². The number of nitrogens with zero attached hydrogens (tertiary/aromatic N) is 2. The van der Waals surface area contributed by atoms with Crippen LogP contribution in [0.15, 0.2) is 40.9 Å². The third-order valence-electron chi connectivity index (χ3n) is 3.41. The maximum Gasteiger partial charge on any atom is 0.168 e. The number of phenolic OH excluding ortho intramolecular Hbond substituents is 2. The molecule has 0 saturated carbocycles. The molecule has 0 atom stereocenters. The fraction of sp³-hybridized carbons (Fsp3) is 0.188. The Labute approximate surface area is 130 Å². The highest BCUT2D eigenvalue weighted by atomic mass is 79.9. The lowest BCUT2D eigenvalue weighted by Crippen LogP contribution is -1.99. The average molecular weight is 347 g/mol. The minimum absolute atomic E-state index is 0.135. The third kappa shape index (κ3) is 2.38. The molecule has 1 heterocycles. The standard InChI is InChI=1S/C16H15BrN2O2/c1-2-8-19-13-7-6-10(17)9-12(13)18-16(19)11-4-3-5-14(20)15(11)21/h3-7,9,20-21H,2,8H2,1H3. The molecule has 2 aromatic carbocycles. The summed E-state index contributed by atoms with van der Waals surface area (Å²) in [6.45, 7) is 2.89. The van der Waals surface area contributed by atoms with Crippen LogP contribution in [0.25, 0.3) is 22.4 Å². The molecule has 3 rings (SSSR count). The Balaban J connectivity index is 2.30. The van der Waals surface area contributed by atoms with Crippen LogP contribution in [0.1, 0.15) is 13.3 Å². The first-order chi connectivity index (χ1) is 10.1. The van der Waals surface area contributed by atoms with Crippen LogP contribution in [-0.2, 0) is 6.54 Å². The highest BCUT2D eigenvalue weighted by Crippen LogP contribution is 2.37. The van der Waals surface area contributed by atoms with Gasteiger partial charge in [0, 0.05) is 11.0 Å². The maximum atomic E-state index is 10.1. The van der Waals surface area contributed by atoms with E-state index in [1.54, 1.807) is 12.1 Å². The highest BCUT2D eigenvalue weighted by molar-refractivity contribution is 9.10. The second kappa shape index (κ2) is 5.41. The Morgan fingerprint density at radius 3 is 2.76 bits per heavy atom. The average Bonchev–Trinajstić information content (AvgIpc) is 2.80. The van der Waals surface area contributed by atoms with E-state index in [1.807, 2.05) is 18.2 Å². The van der Waals surface area contributed by atoms with Gasteiger partial charge >= 0.3 is 0 Å². The van der Waals surface area contributed by atoms with E-state index in [1.165, 1.54) is 6.07 Å². The van der Waals surface area contributed by atoms with Crippen molar-refractivity contribution >= 4 is 27.0 Å². The summed E-state index contributed by atoms with van der Waals surface area (Å²) in [5.74, 6) is 0.395. The van der Waals surface area contributed by atoms with Crippen molar-refractivity contribution in [1.82, 2.24) is 9.55 Å². The molecule has 0 fully saturated rings. The van der Waals surface area contributed by atoms with Crippen molar-refractivity contribution in [2.45, 2.75) is 19.9 Å². The van der Waals surface area contributed by atoms with Crippen LogP contribution in [-0.4, -0.2) is 19.8 Å². The van der Waals surface area contributed by atoms with Gasteiger partial charge in [-0.1, -0.05) is 28.9 Å². The zero-order valence-corrected chi connectivity index (χ0v) is 13.1. The molecule has 0 amide bonds. The summed E-state index contributed by atoms with van der Waals surface area (Å²) in [4.78, 5) is 4.63. The van der Waals surface area contributed by atoms with Crippen LogP contribution < -0.4 is 0 Å². The maximum absolute atomic E-state index is 10.1. The Morgan fingerprint density at radius 1 is 1.19 bits per heavy atom. The highest BCUT2D eigenvalue weighted by Gasteiger charge is 2.17. The number of benzene rings is 2. The number of hydrogen-bond donors (Lipinski definition) is 2. The van der Waals surface area contributed by atoms with Gasteiger partial charge in [0.05, 0.1) is 16.6 Å². The van der Waals surface area contributed by atoms with E-state index in [2.05, 4.69) is 32.4 Å². The van der Waals surface area contributed by atoms with Gasteiger partial charge in [0.2, 0.25) is 0 Å². The first-order valence-electron chi connectivity index (χ1n) is 6.79. The molecule has 0 aliphatic rings. The van der Waals surface area contributed by atoms with E-state index < -0.39 is 0 Å².